The molecule has 0 amide bonds. The normalized spacial score (nSPS) is 17.9. The van der Waals surface area contributed by atoms with Crippen molar-refractivity contribution in [3.05, 3.63) is 0 Å². The van der Waals surface area contributed by atoms with Gasteiger partial charge < -0.3 is 11.7 Å². The molecule has 4 N–H and O–H groups in total. The van der Waals surface area contributed by atoms with E-state index in [0.717, 1.165) is 0 Å². The minimum absolute atomic E-state index is 0.170. The molecule has 0 spiro atoms. The molecule has 0 aromatic rings. The van der Waals surface area contributed by atoms with E-state index in [2.05, 4.69) is 10.2 Å². The second-order valence-corrected chi connectivity index (χ2v) is 5.46. The maximum Gasteiger partial charge on any atom is 0.0966 e. The standard InChI is InChI=1S/C6H14N4O2S2/c1-13(11)3-5(9-7)6(10-8)4-14(2)12/h3-4,7-8H2,1-2H3. The minimum Gasteiger partial charge on any atom is -0.323 e. The highest BCUT2D eigenvalue weighted by Crippen LogP contribution is 1.90. The molecule has 2 unspecified atom stereocenters. The molecule has 0 bridgehead atoms. The van der Waals surface area contributed by atoms with Crippen molar-refractivity contribution in [2.75, 3.05) is 24.0 Å². The molecule has 14 heavy (non-hydrogen) atoms. The molecule has 6 nitrogen and oxygen atoms in total. The summed E-state index contributed by atoms with van der Waals surface area (Å²) in [5.74, 6) is 10.5. The highest BCUT2D eigenvalue weighted by molar-refractivity contribution is 7.86. The van der Waals surface area contributed by atoms with Crippen LogP contribution in [-0.4, -0.2) is 43.9 Å². The first-order chi connectivity index (χ1) is 6.51. The number of hydrogen-bond acceptors (Lipinski definition) is 6. The third kappa shape index (κ3) is 5.07. The van der Waals surface area contributed by atoms with E-state index in [1.165, 1.54) is 12.5 Å². The van der Waals surface area contributed by atoms with E-state index in [-0.39, 0.29) is 11.5 Å². The lowest BCUT2D eigenvalue weighted by atomic mass is 10.3. The molecule has 0 heterocycles. The van der Waals surface area contributed by atoms with Gasteiger partial charge in [-0.1, -0.05) is 0 Å². The Morgan fingerprint density at radius 3 is 1.43 bits per heavy atom. The minimum atomic E-state index is -1.08. The molecule has 82 valence electrons. The molecule has 0 radical (unpaired) electrons. The van der Waals surface area contributed by atoms with E-state index in [4.69, 9.17) is 11.7 Å². The number of nitrogens with two attached hydrogens (primary N) is 2. The fourth-order valence-corrected chi connectivity index (χ4v) is 2.03. The Labute approximate surface area is 87.7 Å². The van der Waals surface area contributed by atoms with Crippen LogP contribution in [0.25, 0.3) is 0 Å². The SMILES string of the molecule is CS(=O)CC(=NN)C(CS(C)=O)=NN. The zero-order valence-electron chi connectivity index (χ0n) is 8.10. The topological polar surface area (TPSA) is 111 Å². The first-order valence-electron chi connectivity index (χ1n) is 3.65. The fraction of sp³-hybridized carbons (Fsp3) is 0.667. The summed E-state index contributed by atoms with van der Waals surface area (Å²) in [5, 5.41) is 6.86. The van der Waals surface area contributed by atoms with Crippen LogP contribution in [0, 0.1) is 0 Å². The number of nitrogens with zero attached hydrogens (tertiary/aromatic N) is 2. The van der Waals surface area contributed by atoms with E-state index >= 15 is 0 Å². The van der Waals surface area contributed by atoms with Crippen LogP contribution < -0.4 is 11.7 Å². The summed E-state index contributed by atoms with van der Waals surface area (Å²) >= 11 is 0. The van der Waals surface area contributed by atoms with Crippen molar-refractivity contribution in [1.82, 2.24) is 0 Å². The van der Waals surface area contributed by atoms with E-state index in [9.17, 15) is 8.42 Å². The van der Waals surface area contributed by atoms with Crippen molar-refractivity contribution in [3.8, 4) is 0 Å². The molecule has 8 heteroatoms. The van der Waals surface area contributed by atoms with Gasteiger partial charge in [0.25, 0.3) is 0 Å². The summed E-state index contributed by atoms with van der Waals surface area (Å²) < 4.78 is 21.8. The lowest BCUT2D eigenvalue weighted by Crippen LogP contribution is -2.28. The Bertz CT molecular complexity index is 270. The van der Waals surface area contributed by atoms with Gasteiger partial charge in [0, 0.05) is 34.1 Å². The number of hydrazone groups is 2. The molecule has 0 aromatic carbocycles. The fourth-order valence-electron chi connectivity index (χ4n) is 0.775. The van der Waals surface area contributed by atoms with Crippen molar-refractivity contribution in [2.45, 2.75) is 0 Å². The molecule has 2 atom stereocenters. The van der Waals surface area contributed by atoms with Gasteiger partial charge >= 0.3 is 0 Å². The van der Waals surface area contributed by atoms with E-state index in [1.54, 1.807) is 0 Å². The monoisotopic (exact) mass is 238 g/mol. The number of hydrogen-bond donors (Lipinski definition) is 2. The third-order valence-corrected chi connectivity index (χ3v) is 2.68. The second-order valence-electron chi connectivity index (χ2n) is 2.59. The smallest absolute Gasteiger partial charge is 0.0966 e. The van der Waals surface area contributed by atoms with Crippen molar-refractivity contribution in [3.63, 3.8) is 0 Å². The van der Waals surface area contributed by atoms with Gasteiger partial charge in [-0.05, 0) is 0 Å². The molecule has 0 aromatic heterocycles. The molecule has 0 saturated carbocycles. The number of rotatable bonds is 5. The first kappa shape index (κ1) is 13.2. The molecule has 0 rings (SSSR count). The van der Waals surface area contributed by atoms with Crippen LogP contribution >= 0.6 is 0 Å². The summed E-state index contributed by atoms with van der Waals surface area (Å²) in [5.41, 5.74) is 0.673. The van der Waals surface area contributed by atoms with Crippen LogP contribution in [0.3, 0.4) is 0 Å². The van der Waals surface area contributed by atoms with Gasteiger partial charge in [0.05, 0.1) is 22.9 Å². The predicted molar refractivity (Wildman–Crippen MR) is 61.1 cm³/mol. The first-order valence-corrected chi connectivity index (χ1v) is 7.10. The maximum absolute atomic E-state index is 10.9. The Hall–Kier alpha value is -0.760. The Balaban J connectivity index is 4.65. The highest BCUT2D eigenvalue weighted by atomic mass is 32.2. The summed E-state index contributed by atoms with van der Waals surface area (Å²) in [6.07, 6.45) is 3.03. The van der Waals surface area contributed by atoms with Crippen LogP contribution in [-0.2, 0) is 21.6 Å². The molecule has 0 fully saturated rings. The second kappa shape index (κ2) is 6.66. The summed E-state index contributed by atoms with van der Waals surface area (Å²) in [7, 11) is -2.16. The summed E-state index contributed by atoms with van der Waals surface area (Å²) in [4.78, 5) is 0. The van der Waals surface area contributed by atoms with E-state index in [1.807, 2.05) is 0 Å². The quantitative estimate of drug-likeness (QED) is 0.340. The lowest BCUT2D eigenvalue weighted by molar-refractivity contribution is 0.688. The van der Waals surface area contributed by atoms with Crippen LogP contribution in [0.2, 0.25) is 0 Å². The molecule has 0 aliphatic rings. The van der Waals surface area contributed by atoms with Gasteiger partial charge in [-0.25, -0.2) is 0 Å². The molecule has 0 aliphatic heterocycles. The summed E-state index contributed by atoms with van der Waals surface area (Å²) in [6, 6.07) is 0. The van der Waals surface area contributed by atoms with Crippen molar-refractivity contribution in [1.29, 1.82) is 0 Å². The zero-order chi connectivity index (χ0) is 11.1. The van der Waals surface area contributed by atoms with Gasteiger partial charge in [0.15, 0.2) is 0 Å². The third-order valence-electron chi connectivity index (χ3n) is 1.32. The average molecular weight is 238 g/mol. The van der Waals surface area contributed by atoms with Crippen molar-refractivity contribution in [2.24, 2.45) is 21.9 Å². The van der Waals surface area contributed by atoms with Crippen LogP contribution in [0.1, 0.15) is 0 Å². The molecular formula is C6H14N4O2S2. The van der Waals surface area contributed by atoms with Crippen molar-refractivity contribution >= 4 is 33.0 Å². The molecule has 0 aliphatic carbocycles. The van der Waals surface area contributed by atoms with Gasteiger partial charge in [-0.3, -0.25) is 8.42 Å². The van der Waals surface area contributed by atoms with E-state index in [0.29, 0.717) is 11.4 Å². The summed E-state index contributed by atoms with van der Waals surface area (Å²) in [6.45, 7) is 0. The zero-order valence-corrected chi connectivity index (χ0v) is 9.73. The van der Waals surface area contributed by atoms with Gasteiger partial charge in [0.2, 0.25) is 0 Å². The van der Waals surface area contributed by atoms with Crippen LogP contribution in [0.4, 0.5) is 0 Å². The average Bonchev–Trinajstić information content (AvgIpc) is 2.10. The molecule has 0 saturated heterocycles. The lowest BCUT2D eigenvalue weighted by Gasteiger charge is -2.04. The van der Waals surface area contributed by atoms with E-state index < -0.39 is 21.6 Å². The van der Waals surface area contributed by atoms with Gasteiger partial charge in [-0.2, -0.15) is 10.2 Å². The van der Waals surface area contributed by atoms with Crippen LogP contribution in [0.5, 0.6) is 0 Å². The Kier molecular flexibility index (Phi) is 6.30. The Morgan fingerprint density at radius 2 is 1.29 bits per heavy atom. The molecular weight excluding hydrogens is 224 g/mol. The predicted octanol–water partition coefficient (Wildman–Crippen LogP) is -1.63. The van der Waals surface area contributed by atoms with Gasteiger partial charge in [-0.15, -0.1) is 0 Å². The van der Waals surface area contributed by atoms with Crippen LogP contribution in [0.15, 0.2) is 10.2 Å². The maximum atomic E-state index is 10.9. The van der Waals surface area contributed by atoms with Gasteiger partial charge in [0.1, 0.15) is 0 Å². The highest BCUT2D eigenvalue weighted by Gasteiger charge is 2.12. The largest absolute Gasteiger partial charge is 0.323 e. The Morgan fingerprint density at radius 1 is 1.00 bits per heavy atom. The van der Waals surface area contributed by atoms with Crippen molar-refractivity contribution < 1.29 is 8.42 Å².